The molecule has 4 heteroatoms. The molecule has 1 aromatic carbocycles. The van der Waals surface area contributed by atoms with E-state index in [1.807, 2.05) is 13.1 Å². The maximum Gasteiger partial charge on any atom is 0.107 e. The molecule has 0 aliphatic carbocycles. The summed E-state index contributed by atoms with van der Waals surface area (Å²) < 4.78 is 0. The summed E-state index contributed by atoms with van der Waals surface area (Å²) in [7, 11) is 1.87. The van der Waals surface area contributed by atoms with E-state index < -0.39 is 0 Å². The van der Waals surface area contributed by atoms with Gasteiger partial charge in [0.2, 0.25) is 0 Å². The average molecular weight is 340 g/mol. The van der Waals surface area contributed by atoms with E-state index in [2.05, 4.69) is 61.4 Å². The summed E-state index contributed by atoms with van der Waals surface area (Å²) in [4.78, 5) is 1.36. The summed E-state index contributed by atoms with van der Waals surface area (Å²) in [5.74, 6) is 0. The van der Waals surface area contributed by atoms with Gasteiger partial charge in [-0.25, -0.2) is 0 Å². The van der Waals surface area contributed by atoms with Crippen LogP contribution in [-0.4, -0.2) is 13.1 Å². The van der Waals surface area contributed by atoms with Gasteiger partial charge in [0.25, 0.3) is 0 Å². The zero-order valence-electron chi connectivity index (χ0n) is 14.6. The Morgan fingerprint density at radius 3 is 2.71 bits per heavy atom. The average Bonchev–Trinajstić information content (AvgIpc) is 2.94. The van der Waals surface area contributed by atoms with E-state index in [1.165, 1.54) is 21.6 Å². The fourth-order valence-electron chi connectivity index (χ4n) is 2.68. The molecule has 3 nitrogen and oxygen atoms in total. The van der Waals surface area contributed by atoms with Crippen molar-refractivity contribution in [3.63, 3.8) is 0 Å². The second kappa shape index (κ2) is 8.68. The molecule has 0 spiro atoms. The molecule has 2 heterocycles. The van der Waals surface area contributed by atoms with E-state index in [4.69, 9.17) is 5.26 Å². The number of aryl methyl sites for hydroxylation is 1. The quantitative estimate of drug-likeness (QED) is 0.814. The summed E-state index contributed by atoms with van der Waals surface area (Å²) in [5.41, 5.74) is 4.67. The van der Waals surface area contributed by atoms with E-state index in [1.54, 1.807) is 11.3 Å². The van der Waals surface area contributed by atoms with Crippen LogP contribution in [0, 0.1) is 18.3 Å². The van der Waals surface area contributed by atoms with Crippen molar-refractivity contribution < 1.29 is 0 Å². The molecule has 2 aromatic rings. The van der Waals surface area contributed by atoms with E-state index in [0.29, 0.717) is 6.04 Å². The first-order chi connectivity index (χ1) is 11.6. The summed E-state index contributed by atoms with van der Waals surface area (Å²) in [6.07, 6.45) is 3.93. The molecule has 0 amide bonds. The molecule has 2 N–H and O–H groups in total. The third kappa shape index (κ3) is 4.47. The van der Waals surface area contributed by atoms with E-state index in [-0.39, 0.29) is 0 Å². The number of rotatable bonds is 3. The Hall–Kier alpha value is -2.09. The molecule has 126 valence electrons. The number of hydrogen-bond donors (Lipinski definition) is 2. The Balaban J connectivity index is 0.000000185. The molecule has 1 atom stereocenters. The number of nitrogens with one attached hydrogen (secondary N) is 2. The number of allylic oxidation sites excluding steroid dienone is 1. The van der Waals surface area contributed by atoms with Crippen LogP contribution in [-0.2, 0) is 19.4 Å². The minimum absolute atomic E-state index is 0.525. The maximum atomic E-state index is 9.05. The number of fused-ring (bicyclic) bond motifs is 1. The van der Waals surface area contributed by atoms with Gasteiger partial charge in [-0.05, 0) is 37.8 Å². The molecular formula is C20H25N3S. The van der Waals surface area contributed by atoms with Gasteiger partial charge in [0, 0.05) is 24.5 Å². The monoisotopic (exact) mass is 339 g/mol. The fraction of sp³-hybridized carbons (Fsp3) is 0.350. The normalized spacial score (nSPS) is 15.5. The van der Waals surface area contributed by atoms with Gasteiger partial charge in [0.15, 0.2) is 0 Å². The molecule has 0 radical (unpaired) electrons. The van der Waals surface area contributed by atoms with Crippen molar-refractivity contribution in [2.45, 2.75) is 39.3 Å². The minimum Gasteiger partial charge on any atom is -0.379 e. The number of nitrogens with zero attached hydrogens (tertiary/aromatic N) is 1. The Morgan fingerprint density at radius 2 is 2.12 bits per heavy atom. The lowest BCUT2D eigenvalue weighted by molar-refractivity contribution is 0.519. The molecule has 0 saturated heterocycles. The molecule has 0 fully saturated rings. The van der Waals surface area contributed by atoms with Gasteiger partial charge in [-0.15, -0.1) is 17.9 Å². The van der Waals surface area contributed by atoms with Gasteiger partial charge in [-0.3, -0.25) is 0 Å². The zero-order valence-corrected chi connectivity index (χ0v) is 15.5. The molecule has 1 aliphatic heterocycles. The zero-order chi connectivity index (χ0) is 17.5. The summed E-state index contributed by atoms with van der Waals surface area (Å²) >= 11 is 1.72. The summed E-state index contributed by atoms with van der Waals surface area (Å²) in [6, 6.07) is 11.3. The first-order valence-corrected chi connectivity index (χ1v) is 9.02. The van der Waals surface area contributed by atoms with E-state index in [9.17, 15) is 0 Å². The van der Waals surface area contributed by atoms with Gasteiger partial charge in [-0.1, -0.05) is 35.9 Å². The SMILES string of the molecule is C=CCc1ccc(C)cc1.CNc1sc2c(c1C#N)CNC(C)C2. The number of anilines is 1. The van der Waals surface area contributed by atoms with Crippen LogP contribution in [0.25, 0.3) is 0 Å². The maximum absolute atomic E-state index is 9.05. The fourth-order valence-corrected chi connectivity index (χ4v) is 3.93. The minimum atomic E-state index is 0.525. The smallest absolute Gasteiger partial charge is 0.107 e. The van der Waals surface area contributed by atoms with Gasteiger partial charge in [0.05, 0.1) is 5.56 Å². The number of nitriles is 1. The van der Waals surface area contributed by atoms with Crippen LogP contribution in [0.3, 0.4) is 0 Å². The van der Waals surface area contributed by atoms with Gasteiger partial charge in [0.1, 0.15) is 11.1 Å². The summed E-state index contributed by atoms with van der Waals surface area (Å²) in [6.45, 7) is 8.78. The lowest BCUT2D eigenvalue weighted by Gasteiger charge is -2.19. The molecule has 3 rings (SSSR count). The van der Waals surface area contributed by atoms with Gasteiger partial charge < -0.3 is 10.6 Å². The van der Waals surface area contributed by atoms with Crippen molar-refractivity contribution in [3.05, 3.63) is 64.1 Å². The van der Waals surface area contributed by atoms with Crippen LogP contribution in [0.15, 0.2) is 36.9 Å². The van der Waals surface area contributed by atoms with E-state index >= 15 is 0 Å². The predicted octanol–water partition coefficient (Wildman–Crippen LogP) is 4.42. The second-order valence-electron chi connectivity index (χ2n) is 6.03. The van der Waals surface area contributed by atoms with Crippen molar-refractivity contribution in [2.75, 3.05) is 12.4 Å². The van der Waals surface area contributed by atoms with Gasteiger partial charge in [-0.2, -0.15) is 5.26 Å². The number of hydrogen-bond acceptors (Lipinski definition) is 4. The van der Waals surface area contributed by atoms with Crippen LogP contribution < -0.4 is 10.6 Å². The lowest BCUT2D eigenvalue weighted by Crippen LogP contribution is -2.32. The highest BCUT2D eigenvalue weighted by Gasteiger charge is 2.22. The highest BCUT2D eigenvalue weighted by atomic mass is 32.1. The Bertz CT molecular complexity index is 723. The molecule has 24 heavy (non-hydrogen) atoms. The van der Waals surface area contributed by atoms with Crippen molar-refractivity contribution in [1.29, 1.82) is 5.26 Å². The number of thiophene rings is 1. The molecule has 1 unspecified atom stereocenters. The highest BCUT2D eigenvalue weighted by molar-refractivity contribution is 7.16. The topological polar surface area (TPSA) is 47.9 Å². The first-order valence-electron chi connectivity index (χ1n) is 8.21. The third-order valence-electron chi connectivity index (χ3n) is 4.05. The standard InChI is InChI=1S/C10H13N3S.C10H12/c1-6-3-9-8(5-13-6)7(4-11)10(12-2)14-9;1-3-4-10-7-5-9(2)6-8-10/h6,12-13H,3,5H2,1-2H3;3,5-8H,1,4H2,2H3. The van der Waals surface area contributed by atoms with Crippen LogP contribution in [0.2, 0.25) is 0 Å². The van der Waals surface area contributed by atoms with Crippen molar-refractivity contribution in [1.82, 2.24) is 5.32 Å². The Morgan fingerprint density at radius 1 is 1.42 bits per heavy atom. The van der Waals surface area contributed by atoms with Crippen LogP contribution in [0.1, 0.15) is 34.1 Å². The van der Waals surface area contributed by atoms with Crippen molar-refractivity contribution in [2.24, 2.45) is 0 Å². The largest absolute Gasteiger partial charge is 0.379 e. The molecule has 1 aliphatic rings. The van der Waals surface area contributed by atoms with Crippen LogP contribution >= 0.6 is 11.3 Å². The van der Waals surface area contributed by atoms with Crippen molar-refractivity contribution >= 4 is 16.3 Å². The molecule has 0 saturated carbocycles. The summed E-state index contributed by atoms with van der Waals surface area (Å²) in [5, 5.41) is 16.5. The Kier molecular flexibility index (Phi) is 6.60. The second-order valence-corrected chi connectivity index (χ2v) is 7.14. The molecular weight excluding hydrogens is 314 g/mol. The molecule has 1 aromatic heterocycles. The van der Waals surface area contributed by atoms with Crippen LogP contribution in [0.5, 0.6) is 0 Å². The van der Waals surface area contributed by atoms with E-state index in [0.717, 1.165) is 30.0 Å². The van der Waals surface area contributed by atoms with Crippen molar-refractivity contribution in [3.8, 4) is 6.07 Å². The Labute approximate surface area is 149 Å². The van der Waals surface area contributed by atoms with Gasteiger partial charge >= 0.3 is 0 Å². The third-order valence-corrected chi connectivity index (χ3v) is 5.32. The highest BCUT2D eigenvalue weighted by Crippen LogP contribution is 2.35. The number of benzene rings is 1. The first kappa shape index (κ1) is 18.3. The lowest BCUT2D eigenvalue weighted by atomic mass is 10.0. The molecule has 0 bridgehead atoms. The van der Waals surface area contributed by atoms with Crippen LogP contribution in [0.4, 0.5) is 5.00 Å². The predicted molar refractivity (Wildman–Crippen MR) is 104 cm³/mol.